The smallest absolute Gasteiger partial charge is 0.0109 e. The highest BCUT2D eigenvalue weighted by atomic mass is 31.1. The molecule has 0 fully saturated rings. The number of hydrogen-bond donors (Lipinski definition) is 0. The zero-order chi connectivity index (χ0) is 5.66. The van der Waals surface area contributed by atoms with E-state index in [1.165, 1.54) is 38.3 Å². The molecule has 0 nitrogen and oxygen atoms in total. The topological polar surface area (TPSA) is 0 Å². The quantitative estimate of drug-likeness (QED) is 0.440. The Bertz CT molecular complexity index is 66.5. The summed E-state index contributed by atoms with van der Waals surface area (Å²) in [5.41, 5.74) is 0. The van der Waals surface area contributed by atoms with E-state index >= 15 is 0 Å². The highest BCUT2D eigenvalue weighted by Crippen LogP contribution is 2.11. The van der Waals surface area contributed by atoms with Gasteiger partial charge in [0.1, 0.15) is 0 Å². The van der Waals surface area contributed by atoms with E-state index in [-0.39, 0.29) is 0 Å². The summed E-state index contributed by atoms with van der Waals surface area (Å²) in [6.07, 6.45) is 8.61. The Hall–Kier alpha value is 0.170. The van der Waals surface area contributed by atoms with Crippen molar-refractivity contribution in [2.75, 3.05) is 6.16 Å². The molecule has 1 aliphatic heterocycles. The summed E-state index contributed by atoms with van der Waals surface area (Å²) in [6.45, 7) is 0. The van der Waals surface area contributed by atoms with Gasteiger partial charge in [0.2, 0.25) is 0 Å². The minimum Gasteiger partial charge on any atom is -0.109 e. The van der Waals surface area contributed by atoms with Crippen molar-refractivity contribution in [3.05, 3.63) is 0 Å². The molecule has 8 heavy (non-hydrogen) atoms. The molecule has 0 aromatic heterocycles. The minimum atomic E-state index is 1.36. The van der Waals surface area contributed by atoms with Crippen LogP contribution in [0, 0.1) is 0 Å². The van der Waals surface area contributed by atoms with Crippen LogP contribution < -0.4 is 0 Å². The lowest BCUT2D eigenvalue weighted by molar-refractivity contribution is 0.688. The second-order valence-electron chi connectivity index (χ2n) is 2.29. The second kappa shape index (κ2) is 4.09. The molecule has 0 aromatic carbocycles. The van der Waals surface area contributed by atoms with Crippen LogP contribution in [-0.2, 0) is 0 Å². The third kappa shape index (κ3) is 2.47. The molecule has 0 atom stereocenters. The van der Waals surface area contributed by atoms with Crippen LogP contribution in [0.2, 0.25) is 0 Å². The van der Waals surface area contributed by atoms with Crippen LogP contribution in [0.15, 0.2) is 0 Å². The first-order valence-corrected chi connectivity index (χ1v) is 4.63. The van der Waals surface area contributed by atoms with Crippen molar-refractivity contribution in [2.45, 2.75) is 32.1 Å². The van der Waals surface area contributed by atoms with Crippen LogP contribution in [0.5, 0.6) is 0 Å². The molecular weight excluding hydrogens is 115 g/mol. The van der Waals surface area contributed by atoms with Crippen molar-refractivity contribution in [1.82, 2.24) is 0 Å². The Kier molecular flexibility index (Phi) is 3.22. The first-order chi connectivity index (χ1) is 4.00. The van der Waals surface area contributed by atoms with Gasteiger partial charge in [-0.15, -0.1) is 8.20 Å². The third-order valence-corrected chi connectivity index (χ3v) is 2.59. The highest BCUT2D eigenvalue weighted by molar-refractivity contribution is 7.38. The summed E-state index contributed by atoms with van der Waals surface area (Å²) in [5, 5.41) is 0. The molecule has 1 heteroatoms. The van der Waals surface area contributed by atoms with Crippen molar-refractivity contribution in [3.63, 3.8) is 0 Å². The molecule has 1 rings (SSSR count). The maximum Gasteiger partial charge on any atom is -0.0109 e. The van der Waals surface area contributed by atoms with Crippen LogP contribution in [0.1, 0.15) is 32.1 Å². The van der Waals surface area contributed by atoms with E-state index < -0.39 is 0 Å². The minimum absolute atomic E-state index is 1.36. The van der Waals surface area contributed by atoms with E-state index in [0.29, 0.717) is 0 Å². The van der Waals surface area contributed by atoms with Crippen molar-refractivity contribution in [3.8, 4) is 0 Å². The summed E-state index contributed by atoms with van der Waals surface area (Å²) >= 11 is 0. The average molecular weight is 128 g/mol. The van der Waals surface area contributed by atoms with E-state index in [2.05, 4.69) is 5.80 Å². The molecule has 1 aliphatic rings. The van der Waals surface area contributed by atoms with Gasteiger partial charge in [-0.05, 0) is 25.4 Å². The molecule has 0 spiro atoms. The molecule has 0 aromatic rings. The largest absolute Gasteiger partial charge is 0.109 e. The van der Waals surface area contributed by atoms with Gasteiger partial charge in [-0.1, -0.05) is 18.6 Å². The van der Waals surface area contributed by atoms with Crippen molar-refractivity contribution in [1.29, 1.82) is 0 Å². The Labute approximate surface area is 53.1 Å². The van der Waals surface area contributed by atoms with Gasteiger partial charge in [-0.3, -0.25) is 0 Å². The number of rotatable bonds is 0. The van der Waals surface area contributed by atoms with E-state index in [1.54, 1.807) is 8.20 Å². The summed E-state index contributed by atoms with van der Waals surface area (Å²) in [6, 6.07) is 0. The van der Waals surface area contributed by atoms with E-state index in [4.69, 9.17) is 0 Å². The molecular formula is C7H13P. The zero-order valence-corrected chi connectivity index (χ0v) is 6.16. The monoisotopic (exact) mass is 128 g/mol. The Morgan fingerprint density at radius 2 is 1.88 bits per heavy atom. The second-order valence-corrected chi connectivity index (χ2v) is 3.47. The van der Waals surface area contributed by atoms with Crippen LogP contribution in [0.25, 0.3) is 0 Å². The fraction of sp³-hybridized carbons (Fsp3) is 0.857. The van der Waals surface area contributed by atoms with E-state index in [1.807, 2.05) is 0 Å². The normalized spacial score (nSPS) is 24.0. The summed E-state index contributed by atoms with van der Waals surface area (Å²) < 4.78 is 0. The summed E-state index contributed by atoms with van der Waals surface area (Å²) in [4.78, 5) is 0. The van der Waals surface area contributed by atoms with Gasteiger partial charge in [0, 0.05) is 0 Å². The third-order valence-electron chi connectivity index (χ3n) is 1.50. The molecule has 0 aliphatic carbocycles. The highest BCUT2D eigenvalue weighted by Gasteiger charge is 1.90. The predicted molar refractivity (Wildman–Crippen MR) is 40.9 cm³/mol. The molecule has 0 saturated carbocycles. The van der Waals surface area contributed by atoms with Gasteiger partial charge < -0.3 is 0 Å². The molecule has 46 valence electrons. The molecule has 0 radical (unpaired) electrons. The lowest BCUT2D eigenvalue weighted by Crippen LogP contribution is -1.84. The van der Waals surface area contributed by atoms with Crippen molar-refractivity contribution in [2.24, 2.45) is 0 Å². The van der Waals surface area contributed by atoms with Gasteiger partial charge in [-0.2, -0.15) is 0 Å². The summed E-state index contributed by atoms with van der Waals surface area (Å²) in [7, 11) is 1.58. The zero-order valence-electron chi connectivity index (χ0n) is 5.27. The maximum absolute atomic E-state index is 2.42. The maximum atomic E-state index is 2.42. The van der Waals surface area contributed by atoms with Crippen LogP contribution >= 0.6 is 8.20 Å². The SMILES string of the molecule is C1=PCCCCCC1. The van der Waals surface area contributed by atoms with E-state index in [0.717, 1.165) is 0 Å². The Balaban J connectivity index is 2.17. The van der Waals surface area contributed by atoms with E-state index in [9.17, 15) is 0 Å². The van der Waals surface area contributed by atoms with Gasteiger partial charge in [0.25, 0.3) is 0 Å². The molecule has 0 bridgehead atoms. The molecule has 0 saturated heterocycles. The van der Waals surface area contributed by atoms with Crippen LogP contribution in [0.3, 0.4) is 0 Å². The predicted octanol–water partition coefficient (Wildman–Crippen LogP) is 2.70. The lowest BCUT2D eigenvalue weighted by atomic mass is 10.2. The standard InChI is InChI=1S/C7H13P/c1-2-4-6-8-7-5-3-1/h6H,1-5,7H2. The Morgan fingerprint density at radius 3 is 2.88 bits per heavy atom. The Morgan fingerprint density at radius 1 is 1.00 bits per heavy atom. The molecule has 1 heterocycles. The molecule has 0 N–H and O–H groups in total. The fourth-order valence-electron chi connectivity index (χ4n) is 0.975. The van der Waals surface area contributed by atoms with Gasteiger partial charge in [-0.25, -0.2) is 0 Å². The van der Waals surface area contributed by atoms with Gasteiger partial charge in [0.15, 0.2) is 0 Å². The van der Waals surface area contributed by atoms with Gasteiger partial charge >= 0.3 is 0 Å². The first kappa shape index (κ1) is 6.29. The summed E-state index contributed by atoms with van der Waals surface area (Å²) in [5.74, 6) is 2.42. The van der Waals surface area contributed by atoms with Crippen molar-refractivity contribution < 1.29 is 0 Å². The first-order valence-electron chi connectivity index (χ1n) is 3.48. The molecule has 0 amide bonds. The number of hydrogen-bond acceptors (Lipinski definition) is 0. The lowest BCUT2D eigenvalue weighted by Gasteiger charge is -1.99. The van der Waals surface area contributed by atoms with Crippen molar-refractivity contribution >= 4 is 14.0 Å². The molecule has 0 unspecified atom stereocenters. The van der Waals surface area contributed by atoms with Crippen LogP contribution in [-0.4, -0.2) is 12.0 Å². The fourth-order valence-corrected chi connectivity index (χ4v) is 1.93. The van der Waals surface area contributed by atoms with Crippen LogP contribution in [0.4, 0.5) is 0 Å². The average Bonchev–Trinajstić information content (AvgIpc) is 1.62. The van der Waals surface area contributed by atoms with Gasteiger partial charge in [0.05, 0.1) is 0 Å².